The van der Waals surface area contributed by atoms with E-state index in [1.54, 1.807) is 0 Å². The first-order valence-corrected chi connectivity index (χ1v) is 17.8. The van der Waals surface area contributed by atoms with E-state index in [0.29, 0.717) is 0 Å². The number of nitrogens with zero attached hydrogens (tertiary/aromatic N) is 1. The van der Waals surface area contributed by atoms with Crippen LogP contribution in [0.4, 0.5) is 17.1 Å². The van der Waals surface area contributed by atoms with Gasteiger partial charge >= 0.3 is 0 Å². The molecule has 1 nitrogen and oxygen atoms in total. The molecule has 0 fully saturated rings. The molecular weight excluding hydrogens is 599 g/mol. The first-order valence-electron chi connectivity index (χ1n) is 16.9. The second-order valence-corrected chi connectivity index (χ2v) is 15.7. The van der Waals surface area contributed by atoms with Crippen molar-refractivity contribution in [1.82, 2.24) is 0 Å². The molecule has 7 aromatic carbocycles. The highest BCUT2D eigenvalue weighted by Crippen LogP contribution is 2.53. The fourth-order valence-corrected chi connectivity index (χ4v) is 9.91. The van der Waals surface area contributed by atoms with Gasteiger partial charge in [0.1, 0.15) is 0 Å². The first kappa shape index (κ1) is 27.9. The van der Waals surface area contributed by atoms with E-state index in [1.807, 2.05) is 11.3 Å². The largest absolute Gasteiger partial charge is 0.310 e. The maximum absolute atomic E-state index is 2.48. The van der Waals surface area contributed by atoms with Crippen molar-refractivity contribution < 1.29 is 0 Å². The molecule has 2 heteroatoms. The van der Waals surface area contributed by atoms with Gasteiger partial charge in [0.05, 0.1) is 0 Å². The third kappa shape index (κ3) is 3.72. The van der Waals surface area contributed by atoms with Crippen LogP contribution in [0.5, 0.6) is 0 Å². The average molecular weight is 634 g/mol. The van der Waals surface area contributed by atoms with Gasteiger partial charge in [-0.2, -0.15) is 0 Å². The van der Waals surface area contributed by atoms with Crippen LogP contribution >= 0.6 is 11.3 Å². The lowest BCUT2D eigenvalue weighted by Crippen LogP contribution is -2.18. The van der Waals surface area contributed by atoms with E-state index >= 15 is 0 Å². The molecule has 2 aliphatic carbocycles. The highest BCUT2D eigenvalue weighted by molar-refractivity contribution is 7.26. The molecule has 0 amide bonds. The zero-order valence-electron chi connectivity index (χ0n) is 27.6. The van der Waals surface area contributed by atoms with E-state index in [1.165, 1.54) is 92.5 Å². The number of hydrogen-bond donors (Lipinski definition) is 0. The zero-order chi connectivity index (χ0) is 32.4. The maximum Gasteiger partial charge on any atom is 0.0468 e. The zero-order valence-corrected chi connectivity index (χ0v) is 28.5. The van der Waals surface area contributed by atoms with E-state index in [9.17, 15) is 0 Å². The van der Waals surface area contributed by atoms with Crippen LogP contribution in [0.2, 0.25) is 0 Å². The van der Waals surface area contributed by atoms with Gasteiger partial charge in [-0.25, -0.2) is 0 Å². The number of anilines is 3. The highest BCUT2D eigenvalue weighted by atomic mass is 32.1. The van der Waals surface area contributed by atoms with Gasteiger partial charge in [-0.05, 0) is 104 Å². The van der Waals surface area contributed by atoms with E-state index in [2.05, 4.69) is 172 Å². The van der Waals surface area contributed by atoms with Crippen molar-refractivity contribution in [3.63, 3.8) is 0 Å². The molecule has 0 aliphatic heterocycles. The summed E-state index contributed by atoms with van der Waals surface area (Å²) in [6.45, 7) is 9.47. The van der Waals surface area contributed by atoms with Gasteiger partial charge in [-0.15, -0.1) is 11.3 Å². The summed E-state index contributed by atoms with van der Waals surface area (Å²) in [7, 11) is 0. The third-order valence-corrected chi connectivity index (χ3v) is 12.4. The van der Waals surface area contributed by atoms with E-state index in [0.717, 1.165) is 0 Å². The molecule has 0 spiro atoms. The van der Waals surface area contributed by atoms with Crippen molar-refractivity contribution in [1.29, 1.82) is 0 Å². The van der Waals surface area contributed by atoms with Crippen LogP contribution in [0, 0.1) is 0 Å². The Hall–Kier alpha value is -5.18. The van der Waals surface area contributed by atoms with Crippen LogP contribution in [-0.2, 0) is 10.8 Å². The second kappa shape index (κ2) is 9.69. The van der Waals surface area contributed by atoms with Crippen molar-refractivity contribution in [3.8, 4) is 22.3 Å². The Morgan fingerprint density at radius 3 is 1.58 bits per heavy atom. The van der Waals surface area contributed by atoms with Crippen molar-refractivity contribution >= 4 is 59.3 Å². The molecule has 8 aromatic rings. The van der Waals surface area contributed by atoms with E-state index in [4.69, 9.17) is 0 Å². The Morgan fingerprint density at radius 2 is 0.938 bits per heavy atom. The van der Waals surface area contributed by atoms with Gasteiger partial charge < -0.3 is 4.90 Å². The molecular formula is C46H35NS. The molecule has 1 heterocycles. The smallest absolute Gasteiger partial charge is 0.0468 e. The summed E-state index contributed by atoms with van der Waals surface area (Å²) in [6, 6.07) is 52.5. The lowest BCUT2D eigenvalue weighted by atomic mass is 9.82. The summed E-state index contributed by atoms with van der Waals surface area (Å²) in [4.78, 5) is 2.48. The number of thiophene rings is 1. The van der Waals surface area contributed by atoms with Crippen LogP contribution in [0.1, 0.15) is 49.9 Å². The Kier molecular flexibility index (Phi) is 5.63. The van der Waals surface area contributed by atoms with E-state index < -0.39 is 0 Å². The molecule has 0 N–H and O–H groups in total. The number of fused-ring (bicyclic) bond motifs is 11. The van der Waals surface area contributed by atoms with Gasteiger partial charge in [-0.1, -0.05) is 119 Å². The Morgan fingerprint density at radius 1 is 0.417 bits per heavy atom. The minimum Gasteiger partial charge on any atom is -0.310 e. The van der Waals surface area contributed by atoms with Crippen LogP contribution in [0.3, 0.4) is 0 Å². The van der Waals surface area contributed by atoms with Gasteiger partial charge in [0.2, 0.25) is 0 Å². The lowest BCUT2D eigenvalue weighted by Gasteiger charge is -2.30. The summed E-state index contributed by atoms with van der Waals surface area (Å²) < 4.78 is 2.68. The van der Waals surface area contributed by atoms with Gasteiger partial charge in [-0.3, -0.25) is 0 Å². The summed E-state index contributed by atoms with van der Waals surface area (Å²) in [6.07, 6.45) is 0. The van der Waals surface area contributed by atoms with Crippen LogP contribution < -0.4 is 4.90 Å². The first-order chi connectivity index (χ1) is 23.3. The van der Waals surface area contributed by atoms with Crippen molar-refractivity contribution in [3.05, 3.63) is 162 Å². The predicted octanol–water partition coefficient (Wildman–Crippen LogP) is 13.3. The molecule has 10 rings (SSSR count). The maximum atomic E-state index is 2.48. The second-order valence-electron chi connectivity index (χ2n) is 14.6. The summed E-state index contributed by atoms with van der Waals surface area (Å²) in [5, 5.41) is 5.27. The fraction of sp³-hybridized carbons (Fsp3) is 0.130. The molecule has 0 bridgehead atoms. The summed E-state index contributed by atoms with van der Waals surface area (Å²) in [5.74, 6) is 0. The Bertz CT molecular complexity index is 2530. The Labute approximate surface area is 285 Å². The molecule has 0 unspecified atom stereocenters. The normalized spacial score (nSPS) is 15.0. The number of benzene rings is 7. The molecule has 0 saturated carbocycles. The summed E-state index contributed by atoms with van der Waals surface area (Å²) in [5.41, 5.74) is 14.3. The monoisotopic (exact) mass is 633 g/mol. The van der Waals surface area contributed by atoms with Crippen LogP contribution in [0.15, 0.2) is 140 Å². The topological polar surface area (TPSA) is 3.24 Å². The number of rotatable bonds is 3. The molecule has 48 heavy (non-hydrogen) atoms. The molecule has 2 aliphatic rings. The molecule has 0 radical (unpaired) electrons. The molecule has 0 atom stereocenters. The van der Waals surface area contributed by atoms with Crippen molar-refractivity contribution in [2.24, 2.45) is 0 Å². The minimum atomic E-state index is -0.0792. The highest BCUT2D eigenvalue weighted by Gasteiger charge is 2.37. The van der Waals surface area contributed by atoms with Gasteiger partial charge in [0.25, 0.3) is 0 Å². The quantitative estimate of drug-likeness (QED) is 0.187. The van der Waals surface area contributed by atoms with Crippen molar-refractivity contribution in [2.75, 3.05) is 4.90 Å². The minimum absolute atomic E-state index is 0.0792. The van der Waals surface area contributed by atoms with E-state index in [-0.39, 0.29) is 10.8 Å². The lowest BCUT2D eigenvalue weighted by molar-refractivity contribution is 0.660. The van der Waals surface area contributed by atoms with Crippen molar-refractivity contribution in [2.45, 2.75) is 38.5 Å². The molecule has 0 saturated heterocycles. The summed E-state index contributed by atoms with van der Waals surface area (Å²) >= 11 is 1.88. The predicted molar refractivity (Wildman–Crippen MR) is 207 cm³/mol. The van der Waals surface area contributed by atoms with Gasteiger partial charge in [0, 0.05) is 48.1 Å². The van der Waals surface area contributed by atoms with Gasteiger partial charge in [0.15, 0.2) is 0 Å². The Balaban J connectivity index is 1.20. The average Bonchev–Trinajstić information content (AvgIpc) is 3.68. The standard InChI is InChI=1S/C46H35NS/c1-45(2)38-14-8-5-11-33(38)35-22-19-30(26-40(35)45)47(31-20-23-36-34-12-6-9-15-39(34)46(3,4)41(36)27-31)29-18-21-32-28(25-29)17-24-43-44(32)37-13-7-10-16-42(37)48-43/h5-27H,1-4H3. The third-order valence-electron chi connectivity index (χ3n) is 11.3. The molecule has 230 valence electrons. The number of hydrogen-bond acceptors (Lipinski definition) is 2. The molecule has 1 aromatic heterocycles. The van der Waals surface area contributed by atoms with Crippen LogP contribution in [-0.4, -0.2) is 0 Å². The van der Waals surface area contributed by atoms with Crippen LogP contribution in [0.25, 0.3) is 53.2 Å². The SMILES string of the molecule is CC1(C)c2ccccc2-c2ccc(N(c3ccc4c(c3)C(C)(C)c3ccccc3-4)c3ccc4c(ccc5sc6ccccc6c54)c3)cc21. The fourth-order valence-electron chi connectivity index (χ4n) is 8.79.